The van der Waals surface area contributed by atoms with Crippen molar-refractivity contribution in [2.75, 3.05) is 7.11 Å². The predicted molar refractivity (Wildman–Crippen MR) is 73.2 cm³/mol. The minimum absolute atomic E-state index is 0.109. The molecule has 0 atom stereocenters. The lowest BCUT2D eigenvalue weighted by Crippen LogP contribution is -2.02. The van der Waals surface area contributed by atoms with Crippen LogP contribution in [-0.4, -0.2) is 23.2 Å². The van der Waals surface area contributed by atoms with Gasteiger partial charge in [0.2, 0.25) is 0 Å². The zero-order valence-corrected chi connectivity index (χ0v) is 11.2. The van der Waals surface area contributed by atoms with E-state index in [9.17, 15) is 4.79 Å². The molecule has 1 aromatic carbocycles. The highest BCUT2D eigenvalue weighted by atomic mass is 16.5. The number of hydrogen-bond acceptors (Lipinski definition) is 5. The van der Waals surface area contributed by atoms with E-state index in [0.717, 1.165) is 5.56 Å². The monoisotopic (exact) mass is 284 g/mol. The van der Waals surface area contributed by atoms with Crippen LogP contribution in [0.1, 0.15) is 21.6 Å². The Balaban J connectivity index is 2.20. The number of hydrogen-bond donors (Lipinski definition) is 1. The van der Waals surface area contributed by atoms with Crippen molar-refractivity contribution in [3.63, 3.8) is 0 Å². The molecule has 0 saturated carbocycles. The molecule has 2 aromatic rings. The van der Waals surface area contributed by atoms with Crippen LogP contribution in [0.4, 0.5) is 0 Å². The van der Waals surface area contributed by atoms with Gasteiger partial charge in [-0.05, 0) is 35.9 Å². The van der Waals surface area contributed by atoms with E-state index in [-0.39, 0.29) is 12.2 Å². The quantitative estimate of drug-likeness (QED) is 0.905. The highest BCUT2D eigenvalue weighted by Gasteiger charge is 2.10. The van der Waals surface area contributed by atoms with E-state index >= 15 is 0 Å². The van der Waals surface area contributed by atoms with E-state index in [1.807, 2.05) is 6.07 Å². The summed E-state index contributed by atoms with van der Waals surface area (Å²) in [5.41, 5.74) is 1.16. The Labute approximate surface area is 121 Å². The highest BCUT2D eigenvalue weighted by molar-refractivity contribution is 5.88. The molecule has 0 saturated heterocycles. The summed E-state index contributed by atoms with van der Waals surface area (Å²) in [5, 5.41) is 17.8. The summed E-state index contributed by atoms with van der Waals surface area (Å²) in [4.78, 5) is 14.8. The number of ether oxygens (including phenoxy) is 2. The molecule has 0 aliphatic carbocycles. The smallest absolute Gasteiger partial charge is 0.335 e. The molecule has 6 heteroatoms. The van der Waals surface area contributed by atoms with Crippen LogP contribution in [0.2, 0.25) is 0 Å². The molecule has 0 bridgehead atoms. The summed E-state index contributed by atoms with van der Waals surface area (Å²) in [5.74, 6) is -0.277. The number of carboxylic acids is 1. The van der Waals surface area contributed by atoms with Crippen LogP contribution in [0.25, 0.3) is 0 Å². The number of methoxy groups -OCH3 is 1. The van der Waals surface area contributed by atoms with E-state index in [1.54, 1.807) is 12.1 Å². The largest absolute Gasteiger partial charge is 0.493 e. The number of rotatable bonds is 5. The van der Waals surface area contributed by atoms with Crippen LogP contribution in [0.3, 0.4) is 0 Å². The fraction of sp³-hybridized carbons (Fsp3) is 0.133. The van der Waals surface area contributed by atoms with Crippen molar-refractivity contribution in [3.05, 3.63) is 53.3 Å². The van der Waals surface area contributed by atoms with Gasteiger partial charge >= 0.3 is 5.97 Å². The number of nitriles is 1. The van der Waals surface area contributed by atoms with Crippen molar-refractivity contribution in [2.45, 2.75) is 6.61 Å². The Bertz CT molecular complexity index is 707. The molecule has 0 spiro atoms. The summed E-state index contributed by atoms with van der Waals surface area (Å²) in [6.07, 6.45) is 1.52. The zero-order chi connectivity index (χ0) is 15.2. The third kappa shape index (κ3) is 3.48. The number of carbonyl (C=O) groups is 1. The zero-order valence-electron chi connectivity index (χ0n) is 11.2. The van der Waals surface area contributed by atoms with Crippen molar-refractivity contribution in [3.8, 4) is 17.6 Å². The SMILES string of the molecule is COc1ccc(C(=O)O)cc1OCc1ccnc(C#N)c1. The number of benzene rings is 1. The molecule has 0 unspecified atom stereocenters. The Hall–Kier alpha value is -3.07. The average Bonchev–Trinajstić information content (AvgIpc) is 2.52. The van der Waals surface area contributed by atoms with Gasteiger partial charge in [-0.1, -0.05) is 0 Å². The van der Waals surface area contributed by atoms with E-state index in [0.29, 0.717) is 17.2 Å². The number of carboxylic acid groups (broad SMARTS) is 1. The van der Waals surface area contributed by atoms with Gasteiger partial charge < -0.3 is 14.6 Å². The summed E-state index contributed by atoms with van der Waals surface area (Å²) in [7, 11) is 1.48. The van der Waals surface area contributed by atoms with E-state index in [2.05, 4.69) is 4.98 Å². The molecule has 106 valence electrons. The molecule has 1 N–H and O–H groups in total. The van der Waals surface area contributed by atoms with Gasteiger partial charge in [-0.25, -0.2) is 9.78 Å². The van der Waals surface area contributed by atoms with Crippen LogP contribution in [0, 0.1) is 11.3 Å². The second-order valence-electron chi connectivity index (χ2n) is 4.12. The second kappa shape index (κ2) is 6.39. The lowest BCUT2D eigenvalue weighted by Gasteiger charge is -2.11. The Morgan fingerprint density at radius 1 is 1.33 bits per heavy atom. The van der Waals surface area contributed by atoms with Gasteiger partial charge in [0.25, 0.3) is 0 Å². The maximum atomic E-state index is 11.0. The first-order valence-corrected chi connectivity index (χ1v) is 6.03. The number of pyridine rings is 1. The molecule has 0 fully saturated rings. The molecule has 21 heavy (non-hydrogen) atoms. The lowest BCUT2D eigenvalue weighted by atomic mass is 10.2. The Morgan fingerprint density at radius 3 is 2.81 bits per heavy atom. The van der Waals surface area contributed by atoms with Crippen LogP contribution >= 0.6 is 0 Å². The van der Waals surface area contributed by atoms with E-state index in [4.69, 9.17) is 19.8 Å². The number of nitrogens with zero attached hydrogens (tertiary/aromatic N) is 2. The van der Waals surface area contributed by atoms with Crippen LogP contribution in [0.5, 0.6) is 11.5 Å². The Morgan fingerprint density at radius 2 is 2.14 bits per heavy atom. The molecular weight excluding hydrogens is 272 g/mol. The van der Waals surface area contributed by atoms with Gasteiger partial charge in [-0.3, -0.25) is 0 Å². The standard InChI is InChI=1S/C15H12N2O4/c1-20-13-3-2-11(15(18)19)7-14(13)21-9-10-4-5-17-12(6-10)8-16/h2-7H,9H2,1H3,(H,18,19). The van der Waals surface area contributed by atoms with Crippen molar-refractivity contribution in [1.29, 1.82) is 5.26 Å². The lowest BCUT2D eigenvalue weighted by molar-refractivity contribution is 0.0696. The van der Waals surface area contributed by atoms with E-state index < -0.39 is 5.97 Å². The molecule has 1 heterocycles. The fourth-order valence-electron chi connectivity index (χ4n) is 1.71. The van der Waals surface area contributed by atoms with Crippen molar-refractivity contribution >= 4 is 5.97 Å². The van der Waals surface area contributed by atoms with Gasteiger partial charge in [-0.2, -0.15) is 5.26 Å². The van der Waals surface area contributed by atoms with Crippen LogP contribution < -0.4 is 9.47 Å². The molecule has 1 aromatic heterocycles. The first-order valence-electron chi connectivity index (χ1n) is 6.03. The number of aromatic carboxylic acids is 1. The third-order valence-corrected chi connectivity index (χ3v) is 2.74. The fourth-order valence-corrected chi connectivity index (χ4v) is 1.71. The van der Waals surface area contributed by atoms with Gasteiger partial charge in [0.05, 0.1) is 12.7 Å². The minimum atomic E-state index is -1.04. The van der Waals surface area contributed by atoms with Crippen molar-refractivity contribution in [1.82, 2.24) is 4.98 Å². The third-order valence-electron chi connectivity index (χ3n) is 2.74. The first-order chi connectivity index (χ1) is 10.1. The van der Waals surface area contributed by atoms with Gasteiger partial charge in [-0.15, -0.1) is 0 Å². The summed E-state index contributed by atoms with van der Waals surface area (Å²) >= 11 is 0. The molecule has 0 amide bonds. The van der Waals surface area contributed by atoms with Crippen molar-refractivity contribution in [2.24, 2.45) is 0 Å². The maximum Gasteiger partial charge on any atom is 0.335 e. The highest BCUT2D eigenvalue weighted by Crippen LogP contribution is 2.28. The van der Waals surface area contributed by atoms with Crippen molar-refractivity contribution < 1.29 is 19.4 Å². The normalized spacial score (nSPS) is 9.71. The van der Waals surface area contributed by atoms with Gasteiger partial charge in [0.1, 0.15) is 18.4 Å². The second-order valence-corrected chi connectivity index (χ2v) is 4.12. The molecule has 0 aliphatic rings. The average molecular weight is 284 g/mol. The topological polar surface area (TPSA) is 92.4 Å². The predicted octanol–water partition coefficient (Wildman–Crippen LogP) is 2.24. The summed E-state index contributed by atoms with van der Waals surface area (Å²) in [6, 6.07) is 9.63. The molecule has 0 aliphatic heterocycles. The molecule has 2 rings (SSSR count). The minimum Gasteiger partial charge on any atom is -0.493 e. The Kier molecular flexibility index (Phi) is 4.36. The number of aromatic nitrogens is 1. The molecule has 6 nitrogen and oxygen atoms in total. The maximum absolute atomic E-state index is 11.0. The summed E-state index contributed by atoms with van der Waals surface area (Å²) < 4.78 is 10.7. The molecule has 0 radical (unpaired) electrons. The van der Waals surface area contributed by atoms with Crippen LogP contribution in [0.15, 0.2) is 36.5 Å². The van der Waals surface area contributed by atoms with Crippen LogP contribution in [-0.2, 0) is 6.61 Å². The molecular formula is C15H12N2O4. The summed E-state index contributed by atoms with van der Waals surface area (Å²) in [6.45, 7) is 0.177. The first kappa shape index (κ1) is 14.3. The van der Waals surface area contributed by atoms with E-state index in [1.165, 1.54) is 31.5 Å². The van der Waals surface area contributed by atoms with Gasteiger partial charge in [0.15, 0.2) is 11.5 Å². The van der Waals surface area contributed by atoms with Gasteiger partial charge in [0, 0.05) is 6.20 Å².